The Morgan fingerprint density at radius 1 is 1.10 bits per heavy atom. The van der Waals surface area contributed by atoms with Crippen LogP contribution < -0.4 is 14.5 Å². The highest BCUT2D eigenvalue weighted by Gasteiger charge is 2.27. The topological polar surface area (TPSA) is 88.1 Å². The first kappa shape index (κ1) is 24.9. The fourth-order valence-corrected chi connectivity index (χ4v) is 4.09. The Balaban J connectivity index is 2.38. The molecule has 7 nitrogen and oxygen atoms in total. The van der Waals surface area contributed by atoms with Crippen LogP contribution in [-0.2, 0) is 14.8 Å². The second-order valence-corrected chi connectivity index (χ2v) is 10.7. The average molecular weight is 510 g/mol. The number of hydrazone groups is 1. The Kier molecular flexibility index (Phi) is 8.25. The van der Waals surface area contributed by atoms with Gasteiger partial charge >= 0.3 is 0 Å². The van der Waals surface area contributed by atoms with Crippen molar-refractivity contribution >= 4 is 43.3 Å². The molecule has 31 heavy (non-hydrogen) atoms. The molecule has 0 heterocycles. The van der Waals surface area contributed by atoms with Gasteiger partial charge in [0.2, 0.25) is 0 Å². The number of anilines is 1. The summed E-state index contributed by atoms with van der Waals surface area (Å²) >= 11 is 3.31. The molecule has 0 saturated heterocycles. The van der Waals surface area contributed by atoms with Gasteiger partial charge in [-0.1, -0.05) is 36.7 Å². The number of carbonyl (C=O) groups excluding carboxylic acids is 1. The number of sulfonamides is 1. The standard InChI is InChI=1S/C22H28BrN3O4S/c1-6-30-19-11-9-18(10-12-19)26(15-21(27)25-24-16(2)22(3,4)5)31(28,29)20-13-7-17(23)8-14-20/h7-14H,6,15H2,1-5H3,(H,25,27). The summed E-state index contributed by atoms with van der Waals surface area (Å²) in [4.78, 5) is 12.7. The van der Waals surface area contributed by atoms with Crippen molar-refractivity contribution in [3.8, 4) is 5.75 Å². The number of hydrogen-bond acceptors (Lipinski definition) is 5. The Labute approximate surface area is 192 Å². The fourth-order valence-electron chi connectivity index (χ4n) is 2.40. The highest BCUT2D eigenvalue weighted by atomic mass is 79.9. The van der Waals surface area contributed by atoms with Crippen LogP contribution in [0.25, 0.3) is 0 Å². The largest absolute Gasteiger partial charge is 0.494 e. The lowest BCUT2D eigenvalue weighted by molar-refractivity contribution is -0.119. The van der Waals surface area contributed by atoms with Crippen molar-refractivity contribution < 1.29 is 17.9 Å². The molecule has 2 aromatic carbocycles. The maximum absolute atomic E-state index is 13.4. The van der Waals surface area contributed by atoms with Crippen LogP contribution in [0.2, 0.25) is 0 Å². The first-order valence-corrected chi connectivity index (χ1v) is 12.0. The number of rotatable bonds is 8. The molecule has 0 aliphatic heterocycles. The van der Waals surface area contributed by atoms with Crippen LogP contribution in [0, 0.1) is 5.41 Å². The molecule has 168 valence electrons. The summed E-state index contributed by atoms with van der Waals surface area (Å²) in [6, 6.07) is 12.8. The number of ether oxygens (including phenoxy) is 1. The SMILES string of the molecule is CCOc1ccc(N(CC(=O)NN=C(C)C(C)(C)C)S(=O)(=O)c2ccc(Br)cc2)cc1. The normalized spacial score (nSPS) is 12.4. The maximum atomic E-state index is 13.4. The second-order valence-electron chi connectivity index (χ2n) is 7.87. The first-order chi connectivity index (χ1) is 14.4. The molecule has 2 aromatic rings. The number of carbonyl (C=O) groups is 1. The second kappa shape index (κ2) is 10.3. The zero-order valence-electron chi connectivity index (χ0n) is 18.3. The minimum Gasteiger partial charge on any atom is -0.494 e. The van der Waals surface area contributed by atoms with E-state index >= 15 is 0 Å². The third-order valence-corrected chi connectivity index (χ3v) is 6.88. The van der Waals surface area contributed by atoms with Gasteiger partial charge in [0.05, 0.1) is 17.2 Å². The molecular formula is C22H28BrN3O4S. The van der Waals surface area contributed by atoms with Crippen LogP contribution in [-0.4, -0.2) is 33.2 Å². The summed E-state index contributed by atoms with van der Waals surface area (Å²) < 4.78 is 33.9. The molecule has 0 saturated carbocycles. The molecule has 0 bridgehead atoms. The molecule has 0 radical (unpaired) electrons. The monoisotopic (exact) mass is 509 g/mol. The minimum absolute atomic E-state index is 0.0757. The number of nitrogens with one attached hydrogen (secondary N) is 1. The Morgan fingerprint density at radius 3 is 2.19 bits per heavy atom. The smallest absolute Gasteiger partial charge is 0.264 e. The molecule has 1 amide bonds. The van der Waals surface area contributed by atoms with Gasteiger partial charge in [-0.15, -0.1) is 0 Å². The lowest BCUT2D eigenvalue weighted by Gasteiger charge is -2.24. The zero-order valence-corrected chi connectivity index (χ0v) is 20.7. The molecular weight excluding hydrogens is 482 g/mol. The minimum atomic E-state index is -4.00. The van der Waals surface area contributed by atoms with E-state index in [0.717, 1.165) is 14.5 Å². The van der Waals surface area contributed by atoms with E-state index in [-0.39, 0.29) is 10.3 Å². The van der Waals surface area contributed by atoms with E-state index in [9.17, 15) is 13.2 Å². The van der Waals surface area contributed by atoms with Crippen molar-refractivity contribution in [1.29, 1.82) is 0 Å². The van der Waals surface area contributed by atoms with E-state index in [0.29, 0.717) is 18.0 Å². The molecule has 0 spiro atoms. The molecule has 2 rings (SSSR count). The van der Waals surface area contributed by atoms with Gasteiger partial charge in [-0.3, -0.25) is 9.10 Å². The quantitative estimate of drug-likeness (QED) is 0.416. The van der Waals surface area contributed by atoms with Crippen molar-refractivity contribution in [2.24, 2.45) is 10.5 Å². The summed E-state index contributed by atoms with van der Waals surface area (Å²) in [5, 5.41) is 4.12. The molecule has 0 unspecified atom stereocenters. The van der Waals surface area contributed by atoms with Gasteiger partial charge in [-0.2, -0.15) is 5.10 Å². The van der Waals surface area contributed by atoms with Gasteiger partial charge in [-0.25, -0.2) is 13.8 Å². The molecule has 0 fully saturated rings. The summed E-state index contributed by atoms with van der Waals surface area (Å²) in [6.45, 7) is 9.67. The van der Waals surface area contributed by atoms with Gasteiger partial charge in [0.25, 0.3) is 15.9 Å². The van der Waals surface area contributed by atoms with Crippen LogP contribution >= 0.6 is 15.9 Å². The Morgan fingerprint density at radius 2 is 1.68 bits per heavy atom. The van der Waals surface area contributed by atoms with Crippen LogP contribution in [0.3, 0.4) is 0 Å². The lowest BCUT2D eigenvalue weighted by Crippen LogP contribution is -2.40. The molecule has 9 heteroatoms. The molecule has 1 N–H and O–H groups in total. The van der Waals surface area contributed by atoms with Crippen molar-refractivity contribution in [2.75, 3.05) is 17.5 Å². The lowest BCUT2D eigenvalue weighted by atomic mass is 9.91. The molecule has 0 atom stereocenters. The number of hydrogen-bond donors (Lipinski definition) is 1. The maximum Gasteiger partial charge on any atom is 0.264 e. The van der Waals surface area contributed by atoms with E-state index in [1.165, 1.54) is 12.1 Å². The summed E-state index contributed by atoms with van der Waals surface area (Å²) in [5.41, 5.74) is 3.32. The first-order valence-electron chi connectivity index (χ1n) is 9.80. The number of benzene rings is 2. The Hall–Kier alpha value is -2.39. The molecule has 0 aliphatic rings. The Bertz CT molecular complexity index is 1030. The van der Waals surface area contributed by atoms with Gasteiger partial charge in [0.1, 0.15) is 12.3 Å². The highest BCUT2D eigenvalue weighted by Crippen LogP contribution is 2.26. The summed E-state index contributed by atoms with van der Waals surface area (Å²) in [6.07, 6.45) is 0. The summed E-state index contributed by atoms with van der Waals surface area (Å²) in [7, 11) is -4.00. The van der Waals surface area contributed by atoms with Gasteiger partial charge in [0.15, 0.2) is 0 Å². The zero-order chi connectivity index (χ0) is 23.2. The number of nitrogens with zero attached hydrogens (tertiary/aromatic N) is 2. The van der Waals surface area contributed by atoms with Gasteiger partial charge in [-0.05, 0) is 62.4 Å². The van der Waals surface area contributed by atoms with E-state index in [1.54, 1.807) is 36.4 Å². The van der Waals surface area contributed by atoms with E-state index in [4.69, 9.17) is 4.74 Å². The number of amides is 1. The highest BCUT2D eigenvalue weighted by molar-refractivity contribution is 9.10. The molecule has 0 aromatic heterocycles. The third kappa shape index (κ3) is 6.80. The van der Waals surface area contributed by atoms with E-state index < -0.39 is 22.5 Å². The predicted molar refractivity (Wildman–Crippen MR) is 127 cm³/mol. The fraction of sp³-hybridized carbons (Fsp3) is 0.364. The van der Waals surface area contributed by atoms with Crippen molar-refractivity contribution in [1.82, 2.24) is 5.43 Å². The van der Waals surface area contributed by atoms with Gasteiger partial charge < -0.3 is 4.74 Å². The third-order valence-electron chi connectivity index (χ3n) is 4.56. The van der Waals surface area contributed by atoms with Crippen LogP contribution in [0.4, 0.5) is 5.69 Å². The summed E-state index contributed by atoms with van der Waals surface area (Å²) in [5.74, 6) is 0.0697. The van der Waals surface area contributed by atoms with Gasteiger partial charge in [0, 0.05) is 15.6 Å². The van der Waals surface area contributed by atoms with Crippen molar-refractivity contribution in [3.63, 3.8) is 0 Å². The van der Waals surface area contributed by atoms with Crippen molar-refractivity contribution in [2.45, 2.75) is 39.5 Å². The van der Waals surface area contributed by atoms with E-state index in [2.05, 4.69) is 26.5 Å². The van der Waals surface area contributed by atoms with Crippen LogP contribution in [0.5, 0.6) is 5.75 Å². The molecule has 0 aliphatic carbocycles. The van der Waals surface area contributed by atoms with E-state index in [1.807, 2.05) is 34.6 Å². The predicted octanol–water partition coefficient (Wildman–Crippen LogP) is 4.58. The van der Waals surface area contributed by atoms with Crippen molar-refractivity contribution in [3.05, 3.63) is 53.0 Å². The van der Waals surface area contributed by atoms with Crippen LogP contribution in [0.1, 0.15) is 34.6 Å². The number of halogens is 1. The average Bonchev–Trinajstić information content (AvgIpc) is 2.70. The van der Waals surface area contributed by atoms with Crippen LogP contribution in [0.15, 0.2) is 63.0 Å².